The molecule has 2 aromatic rings. The van der Waals surface area contributed by atoms with Gasteiger partial charge in [-0.3, -0.25) is 0 Å². The standard InChI is InChI=1S/C19H18BrP/c1-15(18-13-8-14-19(18)20)21(16-9-4-2-5-10-16)17-11-6-3-7-12-17/h2-12,14-15H,13H2,1H3/t15-/m0/s1. The third-order valence-electron chi connectivity index (χ3n) is 3.87. The summed E-state index contributed by atoms with van der Waals surface area (Å²) in [5, 5.41) is 2.90. The first kappa shape index (κ1) is 14.8. The van der Waals surface area contributed by atoms with Gasteiger partial charge in [0.2, 0.25) is 0 Å². The first-order valence-corrected chi connectivity index (χ1v) is 9.42. The Balaban J connectivity index is 2.03. The Kier molecular flexibility index (Phi) is 4.73. The number of hydrogen-bond acceptors (Lipinski definition) is 0. The van der Waals surface area contributed by atoms with Crippen LogP contribution in [-0.4, -0.2) is 5.66 Å². The maximum atomic E-state index is 3.72. The van der Waals surface area contributed by atoms with Crippen LogP contribution in [0, 0.1) is 0 Å². The Morgan fingerprint density at radius 2 is 1.43 bits per heavy atom. The molecule has 2 aromatic carbocycles. The molecule has 0 spiro atoms. The van der Waals surface area contributed by atoms with Crippen LogP contribution >= 0.6 is 23.9 Å². The van der Waals surface area contributed by atoms with Crippen LogP contribution in [0.15, 0.2) is 82.9 Å². The Labute approximate surface area is 136 Å². The maximum absolute atomic E-state index is 3.72. The zero-order chi connectivity index (χ0) is 14.7. The predicted molar refractivity (Wildman–Crippen MR) is 98.2 cm³/mol. The highest BCUT2D eigenvalue weighted by Gasteiger charge is 2.25. The molecule has 21 heavy (non-hydrogen) atoms. The third kappa shape index (κ3) is 3.20. The van der Waals surface area contributed by atoms with E-state index in [1.54, 1.807) is 0 Å². The summed E-state index contributed by atoms with van der Waals surface area (Å²) in [5.41, 5.74) is 2.06. The molecule has 1 aliphatic rings. The number of benzene rings is 2. The van der Waals surface area contributed by atoms with Crippen molar-refractivity contribution in [2.45, 2.75) is 19.0 Å². The highest BCUT2D eigenvalue weighted by Crippen LogP contribution is 2.46. The van der Waals surface area contributed by atoms with Gasteiger partial charge in [-0.2, -0.15) is 0 Å². The Hall–Kier alpha value is -1.17. The smallest absolute Gasteiger partial charge is 0.0173 e. The molecule has 106 valence electrons. The first-order valence-electron chi connectivity index (χ1n) is 7.22. The van der Waals surface area contributed by atoms with Crippen molar-refractivity contribution in [3.05, 3.63) is 82.9 Å². The van der Waals surface area contributed by atoms with Crippen molar-refractivity contribution >= 4 is 34.5 Å². The topological polar surface area (TPSA) is 0 Å². The van der Waals surface area contributed by atoms with E-state index in [1.807, 2.05) is 0 Å². The van der Waals surface area contributed by atoms with Crippen molar-refractivity contribution < 1.29 is 0 Å². The minimum absolute atomic E-state index is 0.378. The summed E-state index contributed by atoms with van der Waals surface area (Å²) in [6.07, 6.45) is 5.51. The second kappa shape index (κ2) is 6.73. The summed E-state index contributed by atoms with van der Waals surface area (Å²) in [4.78, 5) is 0. The number of hydrogen-bond donors (Lipinski definition) is 0. The van der Waals surface area contributed by atoms with Gasteiger partial charge in [0, 0.05) is 10.1 Å². The van der Waals surface area contributed by atoms with E-state index in [2.05, 4.69) is 95.7 Å². The van der Waals surface area contributed by atoms with Gasteiger partial charge in [0.05, 0.1) is 0 Å². The highest BCUT2D eigenvalue weighted by molar-refractivity contribution is 9.11. The SMILES string of the molecule is C[C@@H](C1=C(Br)C=CC1)P(c1ccccc1)c1ccccc1. The van der Waals surface area contributed by atoms with Gasteiger partial charge < -0.3 is 0 Å². The summed E-state index contributed by atoms with van der Waals surface area (Å²) >= 11 is 3.72. The van der Waals surface area contributed by atoms with Crippen molar-refractivity contribution in [2.75, 3.05) is 0 Å². The van der Waals surface area contributed by atoms with Crippen LogP contribution in [0.4, 0.5) is 0 Å². The Morgan fingerprint density at radius 1 is 0.905 bits per heavy atom. The molecule has 3 rings (SSSR count). The van der Waals surface area contributed by atoms with E-state index >= 15 is 0 Å². The molecule has 1 aliphatic carbocycles. The largest absolute Gasteiger partial charge is 0.0793 e. The summed E-state index contributed by atoms with van der Waals surface area (Å²) in [6.45, 7) is 2.37. The molecule has 0 aliphatic heterocycles. The molecular weight excluding hydrogens is 339 g/mol. The lowest BCUT2D eigenvalue weighted by Gasteiger charge is -2.27. The Bertz CT molecular complexity index is 619. The van der Waals surface area contributed by atoms with Crippen LogP contribution < -0.4 is 10.6 Å². The van der Waals surface area contributed by atoms with E-state index < -0.39 is 0 Å². The number of halogens is 1. The van der Waals surface area contributed by atoms with Gasteiger partial charge in [-0.05, 0) is 30.5 Å². The van der Waals surface area contributed by atoms with Crippen LogP contribution in [0.2, 0.25) is 0 Å². The monoisotopic (exact) mass is 356 g/mol. The van der Waals surface area contributed by atoms with Crippen LogP contribution in [0.25, 0.3) is 0 Å². The highest BCUT2D eigenvalue weighted by atomic mass is 79.9. The van der Waals surface area contributed by atoms with Gasteiger partial charge in [-0.15, -0.1) is 0 Å². The van der Waals surface area contributed by atoms with Crippen LogP contribution in [0.5, 0.6) is 0 Å². The molecular formula is C19H18BrP. The van der Waals surface area contributed by atoms with Crippen LogP contribution in [0.1, 0.15) is 13.3 Å². The minimum Gasteiger partial charge on any atom is -0.0793 e. The fourth-order valence-electron chi connectivity index (χ4n) is 2.79. The molecule has 1 atom stereocenters. The summed E-state index contributed by atoms with van der Waals surface area (Å²) in [7, 11) is -0.378. The average molecular weight is 357 g/mol. The molecule has 0 bridgehead atoms. The van der Waals surface area contributed by atoms with Crippen molar-refractivity contribution in [1.29, 1.82) is 0 Å². The molecule has 2 heteroatoms. The number of allylic oxidation sites excluding steroid dienone is 4. The molecule has 0 aromatic heterocycles. The summed E-state index contributed by atoms with van der Waals surface area (Å²) < 4.78 is 1.27. The van der Waals surface area contributed by atoms with Gasteiger partial charge >= 0.3 is 0 Å². The van der Waals surface area contributed by atoms with Gasteiger partial charge in [0.1, 0.15) is 0 Å². The third-order valence-corrected chi connectivity index (χ3v) is 7.44. The van der Waals surface area contributed by atoms with Crippen LogP contribution in [-0.2, 0) is 0 Å². The first-order chi connectivity index (χ1) is 10.3. The summed E-state index contributed by atoms with van der Waals surface area (Å²) in [6, 6.07) is 21.9. The molecule has 0 nitrogen and oxygen atoms in total. The zero-order valence-corrected chi connectivity index (χ0v) is 14.5. The lowest BCUT2D eigenvalue weighted by atomic mass is 10.2. The van der Waals surface area contributed by atoms with E-state index in [0.717, 1.165) is 6.42 Å². The minimum atomic E-state index is -0.378. The Morgan fingerprint density at radius 3 is 1.86 bits per heavy atom. The van der Waals surface area contributed by atoms with Crippen LogP contribution in [0.3, 0.4) is 0 Å². The van der Waals surface area contributed by atoms with Gasteiger partial charge in [-0.1, -0.05) is 95.7 Å². The summed E-state index contributed by atoms with van der Waals surface area (Å²) in [5.74, 6) is 0. The molecule has 0 fully saturated rings. The van der Waals surface area contributed by atoms with Gasteiger partial charge in [0.15, 0.2) is 0 Å². The van der Waals surface area contributed by atoms with Gasteiger partial charge in [-0.25, -0.2) is 0 Å². The second-order valence-electron chi connectivity index (χ2n) is 5.20. The molecule has 0 heterocycles. The van der Waals surface area contributed by atoms with E-state index in [4.69, 9.17) is 0 Å². The fourth-order valence-corrected chi connectivity index (χ4v) is 6.40. The molecule has 0 saturated heterocycles. The average Bonchev–Trinajstić information content (AvgIpc) is 2.96. The number of rotatable bonds is 4. The quantitative estimate of drug-likeness (QED) is 0.667. The normalized spacial score (nSPS) is 15.8. The van der Waals surface area contributed by atoms with Crippen molar-refractivity contribution in [1.82, 2.24) is 0 Å². The maximum Gasteiger partial charge on any atom is 0.0173 e. The van der Waals surface area contributed by atoms with E-state index in [-0.39, 0.29) is 7.92 Å². The molecule has 0 saturated carbocycles. The van der Waals surface area contributed by atoms with Crippen molar-refractivity contribution in [3.63, 3.8) is 0 Å². The lowest BCUT2D eigenvalue weighted by molar-refractivity contribution is 1.06. The van der Waals surface area contributed by atoms with E-state index in [0.29, 0.717) is 5.66 Å². The van der Waals surface area contributed by atoms with E-state index in [1.165, 1.54) is 20.7 Å². The molecule has 0 radical (unpaired) electrons. The van der Waals surface area contributed by atoms with Gasteiger partial charge in [0.25, 0.3) is 0 Å². The fraction of sp³-hybridized carbons (Fsp3) is 0.158. The lowest BCUT2D eigenvalue weighted by Crippen LogP contribution is -2.21. The molecule has 0 N–H and O–H groups in total. The van der Waals surface area contributed by atoms with Crippen molar-refractivity contribution in [2.24, 2.45) is 0 Å². The molecule has 0 amide bonds. The zero-order valence-electron chi connectivity index (χ0n) is 12.0. The molecule has 0 unspecified atom stereocenters. The van der Waals surface area contributed by atoms with E-state index in [9.17, 15) is 0 Å². The van der Waals surface area contributed by atoms with Crippen molar-refractivity contribution in [3.8, 4) is 0 Å². The second-order valence-corrected chi connectivity index (χ2v) is 8.60. The predicted octanol–water partition coefficient (Wildman–Crippen LogP) is 5.12.